The van der Waals surface area contributed by atoms with Crippen LogP contribution in [0.4, 0.5) is 4.79 Å². The van der Waals surface area contributed by atoms with Crippen molar-refractivity contribution in [2.24, 2.45) is 0 Å². The predicted octanol–water partition coefficient (Wildman–Crippen LogP) is 4.47. The second-order valence-corrected chi connectivity index (χ2v) is 7.70. The van der Waals surface area contributed by atoms with Crippen LogP contribution in [-0.2, 0) is 11.4 Å². The number of hydrogen-bond donors (Lipinski definition) is 2. The van der Waals surface area contributed by atoms with Gasteiger partial charge in [-0.1, -0.05) is 23.7 Å². The molecular weight excluding hydrogens is 522 g/mol. The Balaban J connectivity index is 1.78. The Morgan fingerprint density at radius 2 is 1.88 bits per heavy atom. The highest BCUT2D eigenvalue weighted by atomic mass is 127. The van der Waals surface area contributed by atoms with Crippen molar-refractivity contribution in [1.29, 1.82) is 0 Å². The van der Waals surface area contributed by atoms with Crippen molar-refractivity contribution in [2.45, 2.75) is 6.61 Å². The number of ether oxygens (including phenoxy) is 1. The second-order valence-electron chi connectivity index (χ2n) is 5.20. The summed E-state index contributed by atoms with van der Waals surface area (Å²) in [7, 11) is 0. The lowest BCUT2D eigenvalue weighted by molar-refractivity contribution is -0.115. The molecule has 0 saturated carbocycles. The van der Waals surface area contributed by atoms with E-state index in [1.165, 1.54) is 0 Å². The molecule has 5 nitrogen and oxygen atoms in total. The van der Waals surface area contributed by atoms with Gasteiger partial charge in [0.2, 0.25) is 0 Å². The van der Waals surface area contributed by atoms with Crippen LogP contribution in [0.2, 0.25) is 5.02 Å². The van der Waals surface area contributed by atoms with E-state index in [0.717, 1.165) is 9.13 Å². The van der Waals surface area contributed by atoms with Crippen molar-refractivity contribution >= 4 is 68.1 Å². The third-order valence-electron chi connectivity index (χ3n) is 3.35. The summed E-state index contributed by atoms with van der Waals surface area (Å²) in [5, 5.41) is 4.97. The number of rotatable bonds is 4. The molecule has 0 atom stereocenters. The zero-order valence-corrected chi connectivity index (χ0v) is 17.1. The SMILES string of the molecule is O=C1NC(=O)/C(=C\c2cc(Cl)c(OCc3ccc(I)cc3)c(Br)c2)N1. The third kappa shape index (κ3) is 4.53. The molecule has 3 rings (SSSR count). The van der Waals surface area contributed by atoms with Gasteiger partial charge in [-0.25, -0.2) is 4.79 Å². The van der Waals surface area contributed by atoms with Gasteiger partial charge in [0.05, 0.1) is 9.50 Å². The summed E-state index contributed by atoms with van der Waals surface area (Å²) < 4.78 is 7.61. The quantitative estimate of drug-likeness (QED) is 0.347. The molecule has 25 heavy (non-hydrogen) atoms. The highest BCUT2D eigenvalue weighted by Gasteiger charge is 2.23. The highest BCUT2D eigenvalue weighted by molar-refractivity contribution is 14.1. The van der Waals surface area contributed by atoms with Crippen LogP contribution in [-0.4, -0.2) is 11.9 Å². The molecule has 1 saturated heterocycles. The van der Waals surface area contributed by atoms with Crippen LogP contribution in [0.15, 0.2) is 46.6 Å². The van der Waals surface area contributed by atoms with E-state index >= 15 is 0 Å². The molecule has 0 bridgehead atoms. The van der Waals surface area contributed by atoms with Crippen molar-refractivity contribution in [2.75, 3.05) is 0 Å². The summed E-state index contributed by atoms with van der Waals surface area (Å²) >= 11 is 12.0. The normalized spacial score (nSPS) is 15.2. The van der Waals surface area contributed by atoms with Crippen LogP contribution < -0.4 is 15.4 Å². The molecule has 2 aromatic rings. The van der Waals surface area contributed by atoms with E-state index in [0.29, 0.717) is 27.4 Å². The van der Waals surface area contributed by atoms with Crippen molar-refractivity contribution in [3.05, 3.63) is 66.3 Å². The number of benzene rings is 2. The molecule has 1 heterocycles. The molecule has 128 valence electrons. The van der Waals surface area contributed by atoms with Crippen LogP contribution in [0.25, 0.3) is 6.08 Å². The Hall–Kier alpha value is -1.58. The summed E-state index contributed by atoms with van der Waals surface area (Å²) in [6.45, 7) is 0.383. The Morgan fingerprint density at radius 1 is 1.16 bits per heavy atom. The van der Waals surface area contributed by atoms with Crippen molar-refractivity contribution in [1.82, 2.24) is 10.6 Å². The Kier molecular flexibility index (Phi) is 5.65. The van der Waals surface area contributed by atoms with E-state index in [9.17, 15) is 9.59 Å². The number of carbonyl (C=O) groups excluding carboxylic acids is 2. The van der Waals surface area contributed by atoms with E-state index in [-0.39, 0.29) is 5.70 Å². The smallest absolute Gasteiger partial charge is 0.326 e. The van der Waals surface area contributed by atoms with Gasteiger partial charge in [-0.05, 0) is 80.0 Å². The largest absolute Gasteiger partial charge is 0.486 e. The lowest BCUT2D eigenvalue weighted by atomic mass is 10.2. The van der Waals surface area contributed by atoms with Gasteiger partial charge in [0, 0.05) is 3.57 Å². The first-order valence-corrected chi connectivity index (χ1v) is 9.37. The molecular formula is C17H11BrClIN2O3. The van der Waals surface area contributed by atoms with E-state index in [4.69, 9.17) is 16.3 Å². The highest BCUT2D eigenvalue weighted by Crippen LogP contribution is 2.35. The standard InChI is InChI=1S/C17H11BrClIN2O3/c18-12-5-10(7-14-16(23)22-17(24)21-14)6-13(19)15(12)25-8-9-1-3-11(20)4-2-9/h1-7H,8H2,(H2,21,22,23,24)/b14-7+. The monoisotopic (exact) mass is 532 g/mol. The van der Waals surface area contributed by atoms with Crippen LogP contribution >= 0.6 is 50.1 Å². The molecule has 1 aliphatic heterocycles. The summed E-state index contributed by atoms with van der Waals surface area (Å²) in [6.07, 6.45) is 1.54. The van der Waals surface area contributed by atoms with Gasteiger partial charge >= 0.3 is 6.03 Å². The number of halogens is 3. The first kappa shape index (κ1) is 18.2. The Labute approximate surface area is 171 Å². The lowest BCUT2D eigenvalue weighted by Crippen LogP contribution is -2.22. The van der Waals surface area contributed by atoms with Gasteiger partial charge < -0.3 is 10.1 Å². The fourth-order valence-corrected chi connectivity index (χ4v) is 3.53. The minimum Gasteiger partial charge on any atom is -0.486 e. The molecule has 1 aliphatic rings. The van der Waals surface area contributed by atoms with E-state index in [1.807, 2.05) is 24.3 Å². The predicted molar refractivity (Wildman–Crippen MR) is 107 cm³/mol. The number of imide groups is 1. The Bertz CT molecular complexity index is 861. The van der Waals surface area contributed by atoms with Crippen LogP contribution in [0.3, 0.4) is 0 Å². The number of hydrogen-bond acceptors (Lipinski definition) is 3. The van der Waals surface area contributed by atoms with Crippen molar-refractivity contribution in [3.8, 4) is 5.75 Å². The minimum absolute atomic E-state index is 0.167. The molecule has 0 radical (unpaired) electrons. The molecule has 3 amide bonds. The molecule has 0 spiro atoms. The fraction of sp³-hybridized carbons (Fsp3) is 0.0588. The molecule has 8 heteroatoms. The second kappa shape index (κ2) is 7.76. The average Bonchev–Trinajstić information content (AvgIpc) is 2.86. The molecule has 0 aromatic heterocycles. The van der Waals surface area contributed by atoms with Crippen molar-refractivity contribution < 1.29 is 14.3 Å². The maximum atomic E-state index is 11.6. The molecule has 1 fully saturated rings. The Morgan fingerprint density at radius 3 is 2.48 bits per heavy atom. The third-order valence-corrected chi connectivity index (χ3v) is 4.94. The van der Waals surface area contributed by atoms with Gasteiger partial charge in [0.1, 0.15) is 12.3 Å². The maximum Gasteiger partial charge on any atom is 0.326 e. The van der Waals surface area contributed by atoms with Gasteiger partial charge in [0.15, 0.2) is 5.75 Å². The number of carbonyl (C=O) groups is 2. The van der Waals surface area contributed by atoms with Crippen LogP contribution in [0.5, 0.6) is 5.75 Å². The molecule has 0 unspecified atom stereocenters. The van der Waals surface area contributed by atoms with E-state index in [1.54, 1.807) is 18.2 Å². The summed E-state index contributed by atoms with van der Waals surface area (Å²) in [4.78, 5) is 22.7. The molecule has 2 N–H and O–H groups in total. The number of urea groups is 1. The lowest BCUT2D eigenvalue weighted by Gasteiger charge is -2.11. The van der Waals surface area contributed by atoms with Gasteiger partial charge in [0.25, 0.3) is 5.91 Å². The number of amides is 3. The first-order chi connectivity index (χ1) is 11.9. The van der Waals surface area contributed by atoms with Gasteiger partial charge in [-0.2, -0.15) is 0 Å². The topological polar surface area (TPSA) is 67.4 Å². The summed E-state index contributed by atoms with van der Waals surface area (Å²) in [6, 6.07) is 10.9. The minimum atomic E-state index is -0.543. The average molecular weight is 534 g/mol. The zero-order valence-electron chi connectivity index (χ0n) is 12.6. The van der Waals surface area contributed by atoms with E-state index in [2.05, 4.69) is 49.2 Å². The van der Waals surface area contributed by atoms with Crippen LogP contribution in [0, 0.1) is 3.57 Å². The fourth-order valence-electron chi connectivity index (χ4n) is 2.19. The van der Waals surface area contributed by atoms with Gasteiger partial charge in [-0.15, -0.1) is 0 Å². The first-order valence-electron chi connectivity index (χ1n) is 7.12. The van der Waals surface area contributed by atoms with E-state index < -0.39 is 11.9 Å². The summed E-state index contributed by atoms with van der Waals surface area (Å²) in [5.74, 6) is 0.0403. The number of nitrogens with one attached hydrogen (secondary N) is 2. The zero-order chi connectivity index (χ0) is 18.0. The molecule has 0 aliphatic carbocycles. The van der Waals surface area contributed by atoms with Crippen LogP contribution in [0.1, 0.15) is 11.1 Å². The summed E-state index contributed by atoms with van der Waals surface area (Å²) in [5.41, 5.74) is 1.85. The van der Waals surface area contributed by atoms with Crippen molar-refractivity contribution in [3.63, 3.8) is 0 Å². The molecule has 2 aromatic carbocycles. The van der Waals surface area contributed by atoms with Gasteiger partial charge in [-0.3, -0.25) is 10.1 Å². The maximum absolute atomic E-state index is 11.6.